The molecular weight excluding hydrogens is 244 g/mol. The lowest BCUT2D eigenvalue weighted by Crippen LogP contribution is -2.27. The summed E-state index contributed by atoms with van der Waals surface area (Å²) in [5.41, 5.74) is 0.958. The van der Waals surface area contributed by atoms with Crippen LogP contribution in [0.1, 0.15) is 35.0 Å². The van der Waals surface area contributed by atoms with Gasteiger partial charge in [-0.3, -0.25) is 9.89 Å². The highest BCUT2D eigenvalue weighted by Crippen LogP contribution is 2.18. The van der Waals surface area contributed by atoms with Crippen molar-refractivity contribution >= 4 is 5.91 Å². The number of aryl methyl sites for hydroxylation is 1. The molecule has 100 valence electrons. The van der Waals surface area contributed by atoms with E-state index in [0.717, 1.165) is 11.3 Å². The van der Waals surface area contributed by atoms with Gasteiger partial charge in [-0.1, -0.05) is 12.1 Å². The highest BCUT2D eigenvalue weighted by Gasteiger charge is 2.15. The van der Waals surface area contributed by atoms with Crippen molar-refractivity contribution in [3.8, 4) is 5.75 Å². The second-order valence-corrected chi connectivity index (χ2v) is 4.22. The maximum atomic E-state index is 11.9. The number of nitrogens with zero attached hydrogens (tertiary/aromatic N) is 2. The van der Waals surface area contributed by atoms with Gasteiger partial charge in [-0.25, -0.2) is 4.98 Å². The average Bonchev–Trinajstić information content (AvgIpc) is 2.85. The molecule has 1 amide bonds. The van der Waals surface area contributed by atoms with Gasteiger partial charge >= 0.3 is 0 Å². The molecule has 0 fully saturated rings. The van der Waals surface area contributed by atoms with Gasteiger partial charge in [-0.05, 0) is 31.5 Å². The molecule has 0 aliphatic rings. The summed E-state index contributed by atoms with van der Waals surface area (Å²) in [6.07, 6.45) is 0. The van der Waals surface area contributed by atoms with Gasteiger partial charge in [-0.2, -0.15) is 0 Å². The minimum absolute atomic E-state index is 0.146. The van der Waals surface area contributed by atoms with Crippen LogP contribution in [-0.2, 0) is 0 Å². The summed E-state index contributed by atoms with van der Waals surface area (Å²) in [4.78, 5) is 15.9. The maximum absolute atomic E-state index is 11.9. The minimum Gasteiger partial charge on any atom is -0.497 e. The number of amides is 1. The molecule has 0 saturated heterocycles. The van der Waals surface area contributed by atoms with Crippen LogP contribution in [0.5, 0.6) is 5.75 Å². The van der Waals surface area contributed by atoms with Gasteiger partial charge in [0.2, 0.25) is 5.82 Å². The fraction of sp³-hybridized carbons (Fsp3) is 0.308. The number of nitrogens with one attached hydrogen (secondary N) is 2. The topological polar surface area (TPSA) is 79.9 Å². The van der Waals surface area contributed by atoms with Gasteiger partial charge in [0.1, 0.15) is 11.6 Å². The van der Waals surface area contributed by atoms with E-state index in [1.165, 1.54) is 0 Å². The third kappa shape index (κ3) is 3.09. The zero-order valence-corrected chi connectivity index (χ0v) is 11.1. The molecule has 1 atom stereocenters. The first-order valence-electron chi connectivity index (χ1n) is 5.94. The Labute approximate surface area is 111 Å². The molecule has 0 spiro atoms. The second-order valence-electron chi connectivity index (χ2n) is 4.22. The van der Waals surface area contributed by atoms with E-state index >= 15 is 0 Å². The molecule has 2 N–H and O–H groups in total. The summed E-state index contributed by atoms with van der Waals surface area (Å²) >= 11 is 0. The Morgan fingerprint density at radius 1 is 1.47 bits per heavy atom. The molecule has 2 rings (SSSR count). The summed E-state index contributed by atoms with van der Waals surface area (Å²) in [5, 5.41) is 9.30. The lowest BCUT2D eigenvalue weighted by atomic mass is 10.1. The van der Waals surface area contributed by atoms with Crippen molar-refractivity contribution in [2.45, 2.75) is 19.9 Å². The van der Waals surface area contributed by atoms with E-state index in [0.29, 0.717) is 5.82 Å². The highest BCUT2D eigenvalue weighted by molar-refractivity contribution is 5.90. The molecule has 1 aromatic heterocycles. The lowest BCUT2D eigenvalue weighted by Gasteiger charge is -2.13. The van der Waals surface area contributed by atoms with Crippen LogP contribution in [0.25, 0.3) is 0 Å². The largest absolute Gasteiger partial charge is 0.497 e. The number of methoxy groups -OCH3 is 1. The van der Waals surface area contributed by atoms with Crippen molar-refractivity contribution in [1.29, 1.82) is 0 Å². The van der Waals surface area contributed by atoms with E-state index in [2.05, 4.69) is 20.5 Å². The zero-order valence-electron chi connectivity index (χ0n) is 11.1. The number of hydrogen-bond acceptors (Lipinski definition) is 4. The van der Waals surface area contributed by atoms with Crippen LogP contribution in [0.15, 0.2) is 24.3 Å². The predicted octanol–water partition coefficient (Wildman–Crippen LogP) is 1.61. The molecule has 0 aliphatic carbocycles. The number of carbonyl (C=O) groups is 1. The maximum Gasteiger partial charge on any atom is 0.291 e. The number of H-pyrrole nitrogens is 1. The van der Waals surface area contributed by atoms with E-state index in [1.54, 1.807) is 14.0 Å². The van der Waals surface area contributed by atoms with Crippen LogP contribution < -0.4 is 10.1 Å². The predicted molar refractivity (Wildman–Crippen MR) is 70.0 cm³/mol. The fourth-order valence-corrected chi connectivity index (χ4v) is 1.70. The standard InChI is InChI=1S/C13H16N4O2/c1-8(10-5-4-6-11(7-10)19-3)14-13(18)12-15-9(2)16-17-12/h4-8H,1-3H3,(H,14,18)(H,15,16,17). The number of benzene rings is 1. The third-order valence-corrected chi connectivity index (χ3v) is 2.74. The van der Waals surface area contributed by atoms with Crippen LogP contribution in [0.3, 0.4) is 0 Å². The Balaban J connectivity index is 2.08. The second kappa shape index (κ2) is 5.51. The van der Waals surface area contributed by atoms with E-state index in [9.17, 15) is 4.79 Å². The van der Waals surface area contributed by atoms with Crippen LogP contribution >= 0.6 is 0 Å². The van der Waals surface area contributed by atoms with Crippen molar-refractivity contribution in [3.63, 3.8) is 0 Å². The molecular formula is C13H16N4O2. The Bertz CT molecular complexity index is 580. The van der Waals surface area contributed by atoms with E-state index in [-0.39, 0.29) is 17.8 Å². The molecule has 6 heteroatoms. The molecule has 0 aliphatic heterocycles. The molecule has 2 aromatic rings. The molecule has 1 aromatic carbocycles. The number of carbonyl (C=O) groups excluding carboxylic acids is 1. The zero-order chi connectivity index (χ0) is 13.8. The van der Waals surface area contributed by atoms with Gasteiger partial charge in [0.05, 0.1) is 13.2 Å². The van der Waals surface area contributed by atoms with Crippen LogP contribution in [0, 0.1) is 6.92 Å². The molecule has 1 heterocycles. The molecule has 0 saturated carbocycles. The Morgan fingerprint density at radius 2 is 2.26 bits per heavy atom. The SMILES string of the molecule is COc1cccc(C(C)NC(=O)c2n[nH]c(C)n2)c1. The van der Waals surface area contributed by atoms with E-state index in [1.807, 2.05) is 31.2 Å². The van der Waals surface area contributed by atoms with Crippen LogP contribution in [0.2, 0.25) is 0 Å². The summed E-state index contributed by atoms with van der Waals surface area (Å²) < 4.78 is 5.16. The van der Waals surface area contributed by atoms with Crippen molar-refractivity contribution in [2.24, 2.45) is 0 Å². The first kappa shape index (κ1) is 13.1. The summed E-state index contributed by atoms with van der Waals surface area (Å²) in [7, 11) is 1.61. The molecule has 0 radical (unpaired) electrons. The van der Waals surface area contributed by atoms with Gasteiger partial charge < -0.3 is 10.1 Å². The number of ether oxygens (including phenoxy) is 1. The molecule has 19 heavy (non-hydrogen) atoms. The minimum atomic E-state index is -0.306. The number of hydrogen-bond donors (Lipinski definition) is 2. The molecule has 1 unspecified atom stereocenters. The Hall–Kier alpha value is -2.37. The van der Waals surface area contributed by atoms with E-state index in [4.69, 9.17) is 4.74 Å². The van der Waals surface area contributed by atoms with Gasteiger partial charge in [-0.15, -0.1) is 5.10 Å². The van der Waals surface area contributed by atoms with Crippen LogP contribution in [-0.4, -0.2) is 28.2 Å². The summed E-state index contributed by atoms with van der Waals surface area (Å²) in [6.45, 7) is 3.64. The first-order chi connectivity index (χ1) is 9.10. The monoisotopic (exact) mass is 260 g/mol. The number of aromatic nitrogens is 3. The van der Waals surface area contributed by atoms with Crippen molar-refractivity contribution in [1.82, 2.24) is 20.5 Å². The Morgan fingerprint density at radius 3 is 2.89 bits per heavy atom. The smallest absolute Gasteiger partial charge is 0.291 e. The number of aromatic amines is 1. The van der Waals surface area contributed by atoms with Crippen molar-refractivity contribution in [2.75, 3.05) is 7.11 Å². The third-order valence-electron chi connectivity index (χ3n) is 2.74. The Kier molecular flexibility index (Phi) is 3.79. The fourth-order valence-electron chi connectivity index (χ4n) is 1.70. The molecule has 6 nitrogen and oxygen atoms in total. The normalized spacial score (nSPS) is 11.9. The average molecular weight is 260 g/mol. The number of rotatable bonds is 4. The molecule has 0 bridgehead atoms. The van der Waals surface area contributed by atoms with Gasteiger partial charge in [0.15, 0.2) is 0 Å². The lowest BCUT2D eigenvalue weighted by molar-refractivity contribution is 0.0929. The van der Waals surface area contributed by atoms with Crippen molar-refractivity contribution < 1.29 is 9.53 Å². The van der Waals surface area contributed by atoms with E-state index < -0.39 is 0 Å². The highest BCUT2D eigenvalue weighted by atomic mass is 16.5. The van der Waals surface area contributed by atoms with Crippen LogP contribution in [0.4, 0.5) is 0 Å². The summed E-state index contributed by atoms with van der Waals surface area (Å²) in [6, 6.07) is 7.40. The van der Waals surface area contributed by atoms with Gasteiger partial charge in [0.25, 0.3) is 5.91 Å². The summed E-state index contributed by atoms with van der Waals surface area (Å²) in [5.74, 6) is 1.21. The van der Waals surface area contributed by atoms with Crippen molar-refractivity contribution in [3.05, 3.63) is 41.5 Å². The first-order valence-corrected chi connectivity index (χ1v) is 5.94. The van der Waals surface area contributed by atoms with Gasteiger partial charge in [0, 0.05) is 0 Å². The quantitative estimate of drug-likeness (QED) is 0.875.